The summed E-state index contributed by atoms with van der Waals surface area (Å²) >= 11 is 0. The number of anilines is 2. The number of urea groups is 1. The number of aliphatic hydroxyl groups excluding tert-OH is 1. The maximum atomic E-state index is 12.9. The first-order valence-corrected chi connectivity index (χ1v) is 13.0. The molecule has 0 fully saturated rings. The molecule has 0 saturated carbocycles. The minimum absolute atomic E-state index is 0.0684. The molecule has 15 heteroatoms. The van der Waals surface area contributed by atoms with Crippen molar-refractivity contribution in [2.24, 2.45) is 17.6 Å². The molecule has 0 spiro atoms. The minimum Gasteiger partial charge on any atom is -0.481 e. The van der Waals surface area contributed by atoms with Crippen LogP contribution in [0.2, 0.25) is 0 Å². The molecule has 41 heavy (non-hydrogen) atoms. The molecule has 0 aromatic heterocycles. The molecule has 10 N–H and O–H groups in total. The van der Waals surface area contributed by atoms with Crippen LogP contribution < -0.4 is 32.3 Å². The molecule has 228 valence electrons. The molecule has 0 heterocycles. The number of nitrogens with two attached hydrogens (primary N) is 1. The maximum absolute atomic E-state index is 12.9. The van der Waals surface area contributed by atoms with Crippen LogP contribution in [0.4, 0.5) is 16.2 Å². The predicted octanol–water partition coefficient (Wildman–Crippen LogP) is 0.0559. The average Bonchev–Trinajstić information content (AvgIpc) is 2.88. The van der Waals surface area contributed by atoms with Crippen molar-refractivity contribution >= 4 is 47.1 Å². The second-order valence-electron chi connectivity index (χ2n) is 10.2. The van der Waals surface area contributed by atoms with E-state index in [4.69, 9.17) is 10.8 Å². The molecule has 1 aromatic carbocycles. The number of carboxylic acids is 2. The monoisotopic (exact) mass is 580 g/mol. The molecule has 0 radical (unpaired) electrons. The van der Waals surface area contributed by atoms with Crippen molar-refractivity contribution in [2.45, 2.75) is 71.1 Å². The van der Waals surface area contributed by atoms with Crippen LogP contribution in [0.15, 0.2) is 24.3 Å². The Morgan fingerprint density at radius 3 is 1.85 bits per heavy atom. The fourth-order valence-corrected chi connectivity index (χ4v) is 3.59. The third-order valence-corrected chi connectivity index (χ3v) is 5.81. The molecule has 0 saturated heterocycles. The number of para-hydroxylation sites is 2. The van der Waals surface area contributed by atoms with Gasteiger partial charge in [0, 0.05) is 6.42 Å². The summed E-state index contributed by atoms with van der Waals surface area (Å²) in [5.41, 5.74) is 5.99. The highest BCUT2D eigenvalue weighted by molar-refractivity contribution is 6.02. The SMILES string of the molecule is CC(C)C[C@H](NC(=O)[C@H](CO)NC(=O)Nc1ccccc1NC(=O)[C@@H](N)CCC(=O)O)C(=O)N[C@H](C(=O)O)C(C)C. The summed E-state index contributed by atoms with van der Waals surface area (Å²) in [5, 5.41) is 40.0. The van der Waals surface area contributed by atoms with E-state index in [1.165, 1.54) is 12.1 Å². The Morgan fingerprint density at radius 2 is 1.37 bits per heavy atom. The highest BCUT2D eigenvalue weighted by Gasteiger charge is 2.31. The Morgan fingerprint density at radius 1 is 0.805 bits per heavy atom. The molecule has 0 unspecified atom stereocenters. The van der Waals surface area contributed by atoms with Gasteiger partial charge in [0.05, 0.1) is 24.0 Å². The Balaban J connectivity index is 2.92. The van der Waals surface area contributed by atoms with Crippen molar-refractivity contribution in [1.82, 2.24) is 16.0 Å². The predicted molar refractivity (Wildman–Crippen MR) is 149 cm³/mol. The lowest BCUT2D eigenvalue weighted by atomic mass is 10.00. The number of aliphatic hydroxyl groups is 1. The molecular formula is C26H40N6O9. The van der Waals surface area contributed by atoms with Gasteiger partial charge in [0.25, 0.3) is 0 Å². The maximum Gasteiger partial charge on any atom is 0.326 e. The first-order chi connectivity index (χ1) is 19.2. The van der Waals surface area contributed by atoms with Crippen LogP contribution in [0.25, 0.3) is 0 Å². The number of rotatable bonds is 16. The van der Waals surface area contributed by atoms with E-state index < -0.39 is 72.4 Å². The van der Waals surface area contributed by atoms with E-state index in [2.05, 4.69) is 26.6 Å². The van der Waals surface area contributed by atoms with Crippen LogP contribution in [0.5, 0.6) is 0 Å². The van der Waals surface area contributed by atoms with Gasteiger partial charge in [-0.3, -0.25) is 19.2 Å². The van der Waals surface area contributed by atoms with E-state index in [1.807, 2.05) is 0 Å². The fourth-order valence-electron chi connectivity index (χ4n) is 3.59. The Kier molecular flexibility index (Phi) is 14.2. The van der Waals surface area contributed by atoms with Gasteiger partial charge in [-0.25, -0.2) is 9.59 Å². The molecule has 1 rings (SSSR count). The van der Waals surface area contributed by atoms with Crippen molar-refractivity contribution < 1.29 is 44.1 Å². The lowest BCUT2D eigenvalue weighted by Crippen LogP contribution is -2.57. The van der Waals surface area contributed by atoms with Crippen molar-refractivity contribution in [3.63, 3.8) is 0 Å². The van der Waals surface area contributed by atoms with Crippen molar-refractivity contribution in [2.75, 3.05) is 17.2 Å². The van der Waals surface area contributed by atoms with Crippen LogP contribution >= 0.6 is 0 Å². The number of carboxylic acid groups (broad SMARTS) is 2. The van der Waals surface area contributed by atoms with Gasteiger partial charge in [0.15, 0.2) is 0 Å². The molecule has 0 aliphatic rings. The zero-order valence-corrected chi connectivity index (χ0v) is 23.5. The topological polar surface area (TPSA) is 249 Å². The van der Waals surface area contributed by atoms with Gasteiger partial charge in [0.1, 0.15) is 18.1 Å². The van der Waals surface area contributed by atoms with Gasteiger partial charge < -0.3 is 47.6 Å². The summed E-state index contributed by atoms with van der Waals surface area (Å²) in [5.74, 6) is -5.10. The van der Waals surface area contributed by atoms with Crippen molar-refractivity contribution in [3.8, 4) is 0 Å². The van der Waals surface area contributed by atoms with E-state index in [9.17, 15) is 39.0 Å². The van der Waals surface area contributed by atoms with Crippen molar-refractivity contribution in [3.05, 3.63) is 24.3 Å². The van der Waals surface area contributed by atoms with Gasteiger partial charge in [-0.05, 0) is 36.8 Å². The second kappa shape index (κ2) is 16.8. The van der Waals surface area contributed by atoms with E-state index in [1.54, 1.807) is 39.8 Å². The molecule has 1 aromatic rings. The molecule has 15 nitrogen and oxygen atoms in total. The Bertz CT molecular complexity index is 1090. The summed E-state index contributed by atoms with van der Waals surface area (Å²) in [4.78, 5) is 72.9. The van der Waals surface area contributed by atoms with Crippen LogP contribution in [0.1, 0.15) is 47.0 Å². The lowest BCUT2D eigenvalue weighted by molar-refractivity contribution is -0.143. The summed E-state index contributed by atoms with van der Waals surface area (Å²) in [6, 6.07) is 0.199. The second-order valence-corrected chi connectivity index (χ2v) is 10.2. The standard InChI is InChI=1S/C26H40N6O9/c1-13(2)11-18(23(37)32-21(14(3)4)25(39)40)29-24(38)19(12-33)31-26(41)30-17-8-6-5-7-16(17)28-22(36)15(27)9-10-20(34)35/h5-8,13-15,18-19,21,33H,9-12,27H2,1-4H3,(H,28,36)(H,29,38)(H,32,37)(H,34,35)(H,39,40)(H2,30,31,41)/t15-,18-,19-,21-/m0/s1. The van der Waals surface area contributed by atoms with E-state index in [-0.39, 0.29) is 36.6 Å². The molecule has 5 amide bonds. The number of benzene rings is 1. The van der Waals surface area contributed by atoms with E-state index in [0.29, 0.717) is 0 Å². The number of hydrogen-bond donors (Lipinski definition) is 9. The third kappa shape index (κ3) is 12.2. The van der Waals surface area contributed by atoms with Crippen LogP contribution in [0, 0.1) is 11.8 Å². The van der Waals surface area contributed by atoms with Crippen LogP contribution in [-0.4, -0.2) is 81.8 Å². The van der Waals surface area contributed by atoms with Crippen LogP contribution in [0.3, 0.4) is 0 Å². The van der Waals surface area contributed by atoms with Crippen molar-refractivity contribution in [1.29, 1.82) is 0 Å². The quantitative estimate of drug-likeness (QED) is 0.127. The van der Waals surface area contributed by atoms with Gasteiger partial charge in [-0.2, -0.15) is 0 Å². The molecule has 0 aliphatic carbocycles. The number of carbonyl (C=O) groups excluding carboxylic acids is 4. The Hall–Kier alpha value is -4.24. The fraction of sp³-hybridized carbons (Fsp3) is 0.538. The van der Waals surface area contributed by atoms with E-state index in [0.717, 1.165) is 0 Å². The first-order valence-electron chi connectivity index (χ1n) is 13.0. The highest BCUT2D eigenvalue weighted by Crippen LogP contribution is 2.21. The normalized spacial score (nSPS) is 13.9. The molecule has 0 bridgehead atoms. The highest BCUT2D eigenvalue weighted by atomic mass is 16.4. The zero-order valence-electron chi connectivity index (χ0n) is 23.5. The summed E-state index contributed by atoms with van der Waals surface area (Å²) in [7, 11) is 0. The summed E-state index contributed by atoms with van der Waals surface area (Å²) in [6.45, 7) is 6.02. The average molecular weight is 581 g/mol. The van der Waals surface area contributed by atoms with Gasteiger partial charge in [0.2, 0.25) is 17.7 Å². The van der Waals surface area contributed by atoms with Gasteiger partial charge in [-0.15, -0.1) is 0 Å². The molecule has 4 atom stereocenters. The minimum atomic E-state index is -1.48. The summed E-state index contributed by atoms with van der Waals surface area (Å²) in [6.07, 6.45) is -0.248. The van der Waals surface area contributed by atoms with E-state index >= 15 is 0 Å². The zero-order chi connectivity index (χ0) is 31.3. The Labute approximate surface area is 237 Å². The number of carbonyl (C=O) groups is 6. The number of aliphatic carboxylic acids is 2. The third-order valence-electron chi connectivity index (χ3n) is 5.81. The number of amides is 5. The largest absolute Gasteiger partial charge is 0.481 e. The summed E-state index contributed by atoms with van der Waals surface area (Å²) < 4.78 is 0. The molecular weight excluding hydrogens is 540 g/mol. The molecule has 0 aliphatic heterocycles. The number of nitrogens with one attached hydrogen (secondary N) is 5. The first kappa shape index (κ1) is 34.8. The lowest BCUT2D eigenvalue weighted by Gasteiger charge is -2.26. The number of hydrogen-bond acceptors (Lipinski definition) is 8. The van der Waals surface area contributed by atoms with Gasteiger partial charge in [-0.1, -0.05) is 39.8 Å². The van der Waals surface area contributed by atoms with Crippen LogP contribution in [-0.2, 0) is 24.0 Å². The smallest absolute Gasteiger partial charge is 0.326 e. The van der Waals surface area contributed by atoms with Gasteiger partial charge >= 0.3 is 18.0 Å².